The highest BCUT2D eigenvalue weighted by Gasteiger charge is 2.22. The second kappa shape index (κ2) is 12.1. The molecule has 11 rings (SSSR count). The van der Waals surface area contributed by atoms with E-state index in [0.717, 1.165) is 61.1 Å². The molecule has 0 fully saturated rings. The van der Waals surface area contributed by atoms with Gasteiger partial charge in [0.1, 0.15) is 0 Å². The van der Waals surface area contributed by atoms with Crippen molar-refractivity contribution in [3.05, 3.63) is 182 Å². The molecule has 0 unspecified atom stereocenters. The van der Waals surface area contributed by atoms with Gasteiger partial charge in [0.25, 0.3) is 0 Å². The third-order valence-corrected chi connectivity index (χ3v) is 10.7. The summed E-state index contributed by atoms with van der Waals surface area (Å²) in [7, 11) is 0. The van der Waals surface area contributed by atoms with Gasteiger partial charge in [-0.1, -0.05) is 158 Å². The molecule has 0 radical (unpaired) electrons. The number of nitrogens with zero attached hydrogens (tertiary/aromatic N) is 4. The van der Waals surface area contributed by atoms with Crippen molar-refractivity contribution >= 4 is 32.6 Å². The van der Waals surface area contributed by atoms with Gasteiger partial charge in [-0.3, -0.25) is 4.98 Å². The first-order chi connectivity index (χ1) is 26.7. The van der Waals surface area contributed by atoms with Crippen molar-refractivity contribution in [1.82, 2.24) is 19.9 Å². The summed E-state index contributed by atoms with van der Waals surface area (Å²) in [5.41, 5.74) is 16.2. The van der Waals surface area contributed by atoms with E-state index >= 15 is 0 Å². The SMILES string of the molecule is c1ccc(-c2cc(-c3ccc(-c4ccc5ccc6cccnc6c5n4)cc3)nc(-c3ccc(-c4ccc5c6c(cccc46)-c4ccccc4-5)cc3)n2)cc1. The first-order valence-corrected chi connectivity index (χ1v) is 18.2. The van der Waals surface area contributed by atoms with Gasteiger partial charge >= 0.3 is 0 Å². The molecular formula is C50H30N4. The average Bonchev–Trinajstić information content (AvgIpc) is 3.58. The molecule has 4 nitrogen and oxygen atoms in total. The van der Waals surface area contributed by atoms with Gasteiger partial charge in [-0.25, -0.2) is 15.0 Å². The van der Waals surface area contributed by atoms with E-state index in [4.69, 9.17) is 15.0 Å². The summed E-state index contributed by atoms with van der Waals surface area (Å²) in [5, 5.41) is 4.76. The van der Waals surface area contributed by atoms with E-state index in [0.29, 0.717) is 5.82 Å². The molecule has 0 atom stereocenters. The van der Waals surface area contributed by atoms with E-state index in [1.807, 2.05) is 30.5 Å². The Balaban J connectivity index is 0.966. The maximum absolute atomic E-state index is 5.15. The van der Waals surface area contributed by atoms with E-state index in [1.165, 1.54) is 44.2 Å². The van der Waals surface area contributed by atoms with E-state index in [1.54, 1.807) is 0 Å². The normalized spacial score (nSPS) is 11.7. The molecule has 7 aromatic carbocycles. The van der Waals surface area contributed by atoms with E-state index in [9.17, 15) is 0 Å². The van der Waals surface area contributed by atoms with Crippen molar-refractivity contribution in [3.63, 3.8) is 0 Å². The molecule has 3 aromatic heterocycles. The quantitative estimate of drug-likeness (QED) is 0.169. The van der Waals surface area contributed by atoms with Gasteiger partial charge in [-0.2, -0.15) is 0 Å². The van der Waals surface area contributed by atoms with Crippen LogP contribution in [0.25, 0.3) is 111 Å². The fourth-order valence-corrected chi connectivity index (χ4v) is 8.04. The fourth-order valence-electron chi connectivity index (χ4n) is 8.04. The topological polar surface area (TPSA) is 51.6 Å². The van der Waals surface area contributed by atoms with Crippen LogP contribution in [0.2, 0.25) is 0 Å². The number of fused-ring (bicyclic) bond motifs is 6. The molecular weight excluding hydrogens is 657 g/mol. The molecule has 1 aliphatic rings. The molecule has 0 amide bonds. The molecule has 10 aromatic rings. The first-order valence-electron chi connectivity index (χ1n) is 18.2. The van der Waals surface area contributed by atoms with Crippen molar-refractivity contribution in [2.24, 2.45) is 0 Å². The third kappa shape index (κ3) is 4.92. The molecule has 4 heteroatoms. The smallest absolute Gasteiger partial charge is 0.160 e. The van der Waals surface area contributed by atoms with Crippen molar-refractivity contribution in [2.75, 3.05) is 0 Å². The summed E-state index contributed by atoms with van der Waals surface area (Å²) in [6, 6.07) is 62.0. The molecule has 3 heterocycles. The van der Waals surface area contributed by atoms with Gasteiger partial charge in [0.15, 0.2) is 5.82 Å². The predicted octanol–water partition coefficient (Wildman–Crippen LogP) is 12.7. The van der Waals surface area contributed by atoms with Crippen LogP contribution >= 0.6 is 0 Å². The van der Waals surface area contributed by atoms with Crippen LogP contribution in [-0.2, 0) is 0 Å². The van der Waals surface area contributed by atoms with Gasteiger partial charge in [0, 0.05) is 39.2 Å². The lowest BCUT2D eigenvalue weighted by molar-refractivity contribution is 1.18. The number of hydrogen-bond donors (Lipinski definition) is 0. The third-order valence-electron chi connectivity index (χ3n) is 10.7. The van der Waals surface area contributed by atoms with Crippen LogP contribution in [0.4, 0.5) is 0 Å². The Morgan fingerprint density at radius 3 is 1.65 bits per heavy atom. The minimum absolute atomic E-state index is 0.688. The fraction of sp³-hybridized carbons (Fsp3) is 0. The lowest BCUT2D eigenvalue weighted by atomic mass is 9.94. The van der Waals surface area contributed by atoms with Crippen LogP contribution < -0.4 is 0 Å². The molecule has 0 bridgehead atoms. The molecule has 1 aliphatic carbocycles. The summed E-state index contributed by atoms with van der Waals surface area (Å²) < 4.78 is 0. The van der Waals surface area contributed by atoms with E-state index in [2.05, 4.69) is 157 Å². The van der Waals surface area contributed by atoms with Crippen LogP contribution in [0.5, 0.6) is 0 Å². The largest absolute Gasteiger partial charge is 0.254 e. The Hall–Kier alpha value is -7.30. The summed E-state index contributed by atoms with van der Waals surface area (Å²) >= 11 is 0. The monoisotopic (exact) mass is 686 g/mol. The predicted molar refractivity (Wildman–Crippen MR) is 222 cm³/mol. The average molecular weight is 687 g/mol. The minimum atomic E-state index is 0.688. The summed E-state index contributed by atoms with van der Waals surface area (Å²) in [6.45, 7) is 0. The second-order valence-corrected chi connectivity index (χ2v) is 13.8. The number of rotatable bonds is 5. The highest BCUT2D eigenvalue weighted by Crippen LogP contribution is 2.49. The first kappa shape index (κ1) is 30.3. The maximum Gasteiger partial charge on any atom is 0.160 e. The van der Waals surface area contributed by atoms with E-state index < -0.39 is 0 Å². The molecule has 0 spiro atoms. The second-order valence-electron chi connectivity index (χ2n) is 13.8. The Bertz CT molecular complexity index is 3050. The maximum atomic E-state index is 5.15. The molecule has 0 N–H and O–H groups in total. The number of benzene rings is 7. The van der Waals surface area contributed by atoms with Gasteiger partial charge in [0.05, 0.1) is 28.1 Å². The Morgan fingerprint density at radius 2 is 0.889 bits per heavy atom. The van der Waals surface area contributed by atoms with Crippen LogP contribution in [-0.4, -0.2) is 19.9 Å². The lowest BCUT2D eigenvalue weighted by Crippen LogP contribution is -1.96. The van der Waals surface area contributed by atoms with Crippen molar-refractivity contribution in [3.8, 4) is 78.5 Å². The molecule has 54 heavy (non-hydrogen) atoms. The zero-order valence-electron chi connectivity index (χ0n) is 29.1. The minimum Gasteiger partial charge on any atom is -0.254 e. The standard InChI is InChI=1S/C50H30N4/c1-2-8-32(9-3-1)45-30-46(34-19-17-33(18-20-34)44-28-25-36-22-21-35-10-7-29-51-48(35)49(36)52-44)54-50(53-45)37-23-15-31(16-24-37)38-26-27-43-40-12-5-4-11-39(40)42-14-6-13-41(38)47(42)43/h1-30H. The molecule has 250 valence electrons. The molecule has 0 aliphatic heterocycles. The van der Waals surface area contributed by atoms with Crippen molar-refractivity contribution < 1.29 is 0 Å². The highest BCUT2D eigenvalue weighted by molar-refractivity contribution is 6.18. The van der Waals surface area contributed by atoms with Crippen LogP contribution in [0.3, 0.4) is 0 Å². The van der Waals surface area contributed by atoms with E-state index in [-0.39, 0.29) is 0 Å². The Morgan fingerprint density at radius 1 is 0.315 bits per heavy atom. The van der Waals surface area contributed by atoms with Gasteiger partial charge < -0.3 is 0 Å². The lowest BCUT2D eigenvalue weighted by Gasteiger charge is -2.12. The molecule has 0 saturated carbocycles. The highest BCUT2D eigenvalue weighted by atomic mass is 14.9. The Labute approximate surface area is 312 Å². The number of hydrogen-bond acceptors (Lipinski definition) is 4. The van der Waals surface area contributed by atoms with Gasteiger partial charge in [0.2, 0.25) is 0 Å². The van der Waals surface area contributed by atoms with Crippen LogP contribution in [0.1, 0.15) is 0 Å². The van der Waals surface area contributed by atoms with Crippen LogP contribution in [0.15, 0.2) is 182 Å². The molecule has 0 saturated heterocycles. The summed E-state index contributed by atoms with van der Waals surface area (Å²) in [6.07, 6.45) is 1.83. The zero-order chi connectivity index (χ0) is 35.6. The van der Waals surface area contributed by atoms with Gasteiger partial charge in [-0.05, 0) is 62.4 Å². The number of aromatic nitrogens is 4. The van der Waals surface area contributed by atoms with Crippen LogP contribution in [0, 0.1) is 0 Å². The Kier molecular flexibility index (Phi) is 6.82. The van der Waals surface area contributed by atoms with Gasteiger partial charge in [-0.15, -0.1) is 0 Å². The summed E-state index contributed by atoms with van der Waals surface area (Å²) in [5.74, 6) is 0.688. The van der Waals surface area contributed by atoms with Crippen molar-refractivity contribution in [1.29, 1.82) is 0 Å². The van der Waals surface area contributed by atoms with Crippen molar-refractivity contribution in [2.45, 2.75) is 0 Å². The zero-order valence-corrected chi connectivity index (χ0v) is 29.1. The number of pyridine rings is 2. The summed E-state index contributed by atoms with van der Waals surface area (Å²) in [4.78, 5) is 19.9.